The van der Waals surface area contributed by atoms with Crippen LogP contribution in [0.5, 0.6) is 0 Å². The number of benzene rings is 1. The van der Waals surface area contributed by atoms with Gasteiger partial charge in [-0.2, -0.15) is 5.06 Å². The molecule has 1 saturated heterocycles. The topological polar surface area (TPSA) is 77.1 Å². The van der Waals surface area contributed by atoms with E-state index in [1.807, 2.05) is 0 Å². The molecule has 2 atom stereocenters. The Balaban J connectivity index is 2.04. The Hall–Kier alpha value is -1.31. The Labute approximate surface area is 140 Å². The van der Waals surface area contributed by atoms with Crippen molar-refractivity contribution in [3.63, 3.8) is 0 Å². The van der Waals surface area contributed by atoms with Crippen LogP contribution in [0.2, 0.25) is 0 Å². The van der Waals surface area contributed by atoms with Crippen molar-refractivity contribution in [3.8, 4) is 0 Å². The predicted octanol–water partition coefficient (Wildman–Crippen LogP) is 2.99. The summed E-state index contributed by atoms with van der Waals surface area (Å²) in [6, 6.07) is 5.40. The van der Waals surface area contributed by atoms with Gasteiger partial charge in [-0.1, -0.05) is 0 Å². The van der Waals surface area contributed by atoms with Crippen molar-refractivity contribution in [2.75, 3.05) is 25.6 Å². The van der Waals surface area contributed by atoms with Crippen LogP contribution in [-0.4, -0.2) is 43.1 Å². The van der Waals surface area contributed by atoms with E-state index in [-0.39, 0.29) is 25.5 Å². The van der Waals surface area contributed by atoms with Crippen LogP contribution in [0.1, 0.15) is 20.3 Å². The molecule has 2 rings (SSSR count). The summed E-state index contributed by atoms with van der Waals surface area (Å²) in [7, 11) is -1.83. The lowest BCUT2D eigenvalue weighted by Crippen LogP contribution is -2.28. The molecule has 1 aromatic rings. The highest BCUT2D eigenvalue weighted by atomic mass is 31.2. The van der Waals surface area contributed by atoms with Crippen LogP contribution in [0.15, 0.2) is 24.3 Å². The van der Waals surface area contributed by atoms with Crippen LogP contribution in [-0.2, 0) is 23.2 Å². The Morgan fingerprint density at radius 2 is 1.92 bits per heavy atom. The molecule has 1 aromatic carbocycles. The Bertz CT molecular complexity index is 602. The van der Waals surface area contributed by atoms with Gasteiger partial charge in [0.1, 0.15) is 11.6 Å². The molecule has 0 unspecified atom stereocenters. The zero-order chi connectivity index (χ0) is 17.7. The standard InChI is InChI=1S/C15H22FN2O5P/c1-4-21-24(20,22-5-2)14-10-13(23-18(14)3)15(19)17-12-8-6-11(16)7-9-12/h6-9,13-14H,4-5,10H2,1-3H3,(H,17,19)/t13-,14+/m1/s1. The van der Waals surface area contributed by atoms with Crippen molar-refractivity contribution >= 4 is 19.2 Å². The lowest BCUT2D eigenvalue weighted by atomic mass is 10.2. The van der Waals surface area contributed by atoms with Crippen LogP contribution >= 0.6 is 7.60 Å². The number of hydrogen-bond donors (Lipinski definition) is 1. The van der Waals surface area contributed by atoms with Crippen LogP contribution < -0.4 is 5.32 Å². The number of amides is 1. The van der Waals surface area contributed by atoms with E-state index in [9.17, 15) is 13.8 Å². The van der Waals surface area contributed by atoms with E-state index in [4.69, 9.17) is 13.9 Å². The second-order valence-electron chi connectivity index (χ2n) is 5.23. The molecule has 1 aliphatic heterocycles. The van der Waals surface area contributed by atoms with Gasteiger partial charge in [0.05, 0.1) is 13.2 Å². The average molecular weight is 360 g/mol. The molecule has 7 nitrogen and oxygen atoms in total. The van der Waals surface area contributed by atoms with Crippen LogP contribution in [0.25, 0.3) is 0 Å². The van der Waals surface area contributed by atoms with Crippen LogP contribution in [0.4, 0.5) is 10.1 Å². The summed E-state index contributed by atoms with van der Waals surface area (Å²) in [4.78, 5) is 17.8. The molecule has 1 amide bonds. The lowest BCUT2D eigenvalue weighted by molar-refractivity contribution is -0.155. The van der Waals surface area contributed by atoms with Crippen molar-refractivity contribution in [2.45, 2.75) is 32.2 Å². The van der Waals surface area contributed by atoms with E-state index < -0.39 is 25.4 Å². The largest absolute Gasteiger partial charge is 0.350 e. The highest BCUT2D eigenvalue weighted by molar-refractivity contribution is 7.54. The molecule has 0 aliphatic carbocycles. The highest BCUT2D eigenvalue weighted by Gasteiger charge is 2.48. The first-order valence-corrected chi connectivity index (χ1v) is 9.35. The molecule has 0 aromatic heterocycles. The fourth-order valence-electron chi connectivity index (χ4n) is 2.46. The van der Waals surface area contributed by atoms with Gasteiger partial charge in [-0.25, -0.2) is 4.39 Å². The first-order chi connectivity index (χ1) is 11.4. The molecule has 24 heavy (non-hydrogen) atoms. The summed E-state index contributed by atoms with van der Waals surface area (Å²) >= 11 is 0. The van der Waals surface area contributed by atoms with Gasteiger partial charge in [0, 0.05) is 19.2 Å². The number of carbonyl (C=O) groups is 1. The summed E-state index contributed by atoms with van der Waals surface area (Å²) in [6.07, 6.45) is -0.667. The number of carbonyl (C=O) groups excluding carboxylic acids is 1. The first-order valence-electron chi connectivity index (χ1n) is 7.74. The zero-order valence-corrected chi connectivity index (χ0v) is 14.8. The third-order valence-electron chi connectivity index (χ3n) is 3.53. The second-order valence-corrected chi connectivity index (χ2v) is 7.42. The number of anilines is 1. The van der Waals surface area contributed by atoms with Gasteiger partial charge < -0.3 is 14.4 Å². The molecule has 0 radical (unpaired) electrons. The third kappa shape index (κ3) is 4.40. The molecule has 1 N–H and O–H groups in total. The van der Waals surface area contributed by atoms with E-state index >= 15 is 0 Å². The molecule has 1 heterocycles. The van der Waals surface area contributed by atoms with Crippen molar-refractivity contribution in [1.82, 2.24) is 5.06 Å². The number of nitrogens with one attached hydrogen (secondary N) is 1. The summed E-state index contributed by atoms with van der Waals surface area (Å²) in [6.45, 7) is 3.91. The van der Waals surface area contributed by atoms with Crippen LogP contribution in [0, 0.1) is 5.82 Å². The van der Waals surface area contributed by atoms with Crippen molar-refractivity contribution in [1.29, 1.82) is 0 Å². The van der Waals surface area contributed by atoms with E-state index in [0.717, 1.165) is 0 Å². The minimum Gasteiger partial charge on any atom is -0.324 e. The maximum atomic E-state index is 12.9. The maximum Gasteiger partial charge on any atom is 0.350 e. The average Bonchev–Trinajstić information content (AvgIpc) is 2.93. The molecular formula is C15H22FN2O5P. The number of nitrogens with zero attached hydrogens (tertiary/aromatic N) is 1. The molecule has 1 aliphatic rings. The van der Waals surface area contributed by atoms with Gasteiger partial charge >= 0.3 is 7.60 Å². The minimum atomic E-state index is -3.42. The van der Waals surface area contributed by atoms with E-state index in [0.29, 0.717) is 5.69 Å². The third-order valence-corrected chi connectivity index (χ3v) is 6.03. The quantitative estimate of drug-likeness (QED) is 0.754. The number of halogens is 1. The fraction of sp³-hybridized carbons (Fsp3) is 0.533. The Morgan fingerprint density at radius 1 is 1.33 bits per heavy atom. The minimum absolute atomic E-state index is 0.167. The van der Waals surface area contributed by atoms with Gasteiger partial charge in [0.15, 0.2) is 6.10 Å². The summed E-state index contributed by atoms with van der Waals surface area (Å²) in [5.74, 6) is -1.46. The fourth-order valence-corrected chi connectivity index (χ4v) is 4.50. The SMILES string of the molecule is CCOP(=O)(OCC)[C@H]1C[C@H](C(=O)Nc2ccc(F)cc2)ON1C. The Kier molecular flexibility index (Phi) is 6.48. The van der Waals surface area contributed by atoms with Gasteiger partial charge in [-0.15, -0.1) is 0 Å². The molecular weight excluding hydrogens is 338 g/mol. The van der Waals surface area contributed by atoms with E-state index in [2.05, 4.69) is 5.32 Å². The van der Waals surface area contributed by atoms with Gasteiger partial charge in [0.2, 0.25) is 0 Å². The monoisotopic (exact) mass is 360 g/mol. The number of hydrogen-bond acceptors (Lipinski definition) is 6. The number of hydroxylamine groups is 2. The molecule has 0 saturated carbocycles. The van der Waals surface area contributed by atoms with E-state index in [1.165, 1.54) is 29.3 Å². The molecule has 0 bridgehead atoms. The van der Waals surface area contributed by atoms with Gasteiger partial charge in [-0.05, 0) is 38.1 Å². The smallest absolute Gasteiger partial charge is 0.324 e. The van der Waals surface area contributed by atoms with E-state index in [1.54, 1.807) is 20.9 Å². The Morgan fingerprint density at radius 3 is 2.46 bits per heavy atom. The molecule has 1 fully saturated rings. The van der Waals surface area contributed by atoms with Gasteiger partial charge in [-0.3, -0.25) is 14.2 Å². The van der Waals surface area contributed by atoms with Gasteiger partial charge in [0.25, 0.3) is 5.91 Å². The molecule has 9 heteroatoms. The summed E-state index contributed by atoms with van der Waals surface area (Å²) in [5.41, 5.74) is 0.453. The van der Waals surface area contributed by atoms with Crippen molar-refractivity contribution in [2.24, 2.45) is 0 Å². The van der Waals surface area contributed by atoms with Crippen LogP contribution in [0.3, 0.4) is 0 Å². The van der Waals surface area contributed by atoms with Crippen molar-refractivity contribution in [3.05, 3.63) is 30.1 Å². The summed E-state index contributed by atoms with van der Waals surface area (Å²) in [5, 5.41) is 3.99. The lowest BCUT2D eigenvalue weighted by Gasteiger charge is -2.25. The summed E-state index contributed by atoms with van der Waals surface area (Å²) < 4.78 is 36.4. The predicted molar refractivity (Wildman–Crippen MR) is 86.9 cm³/mol. The molecule has 0 spiro atoms. The normalized spacial score (nSPS) is 21.8. The zero-order valence-electron chi connectivity index (χ0n) is 13.9. The first kappa shape index (κ1) is 19.0. The second kappa shape index (κ2) is 8.18. The van der Waals surface area contributed by atoms with Crippen molar-refractivity contribution < 1.29 is 27.6 Å². The molecule has 134 valence electrons. The highest BCUT2D eigenvalue weighted by Crippen LogP contribution is 2.57. The maximum absolute atomic E-state index is 12.9. The number of rotatable bonds is 7.